The molecule has 0 aliphatic rings. The molecule has 0 saturated carbocycles. The predicted octanol–water partition coefficient (Wildman–Crippen LogP) is 5.67. The normalized spacial score (nSPS) is 12.1. The Morgan fingerprint density at radius 2 is 1.93 bits per heavy atom. The van der Waals surface area contributed by atoms with Crippen molar-refractivity contribution in [1.82, 2.24) is 14.9 Å². The van der Waals surface area contributed by atoms with Crippen LogP contribution in [0, 0.1) is 0 Å². The van der Waals surface area contributed by atoms with E-state index < -0.39 is 22.2 Å². The van der Waals surface area contributed by atoms with Crippen molar-refractivity contribution < 1.29 is 36.2 Å². The quantitative estimate of drug-likeness (QED) is 0.235. The number of likely N-dealkylation sites (N-methyl/N-ethyl adjacent to an activating group) is 1. The number of halogens is 3. The van der Waals surface area contributed by atoms with Gasteiger partial charge in [-0.2, -0.15) is 13.2 Å². The molecule has 4 aromatic rings. The van der Waals surface area contributed by atoms with E-state index in [0.717, 1.165) is 39.6 Å². The second-order valence-electron chi connectivity index (χ2n) is 8.92. The third-order valence-electron chi connectivity index (χ3n) is 5.48. The number of para-hydroxylation sites is 1. The fraction of sp³-hybridized carbons (Fsp3) is 0.360. The molecule has 0 amide bonds. The average molecular weight is 619 g/mol. The zero-order chi connectivity index (χ0) is 29.7. The number of nitrogens with zero attached hydrogens (tertiary/aromatic N) is 3. The van der Waals surface area contributed by atoms with Gasteiger partial charge in [0.1, 0.15) is 9.22 Å². The topological polar surface area (TPSA) is 116 Å². The number of nitrogens with one attached hydrogen (secondary N) is 1. The number of carbonyl (C=O) groups is 1. The summed E-state index contributed by atoms with van der Waals surface area (Å²) in [4.78, 5) is 20.3. The number of thiazole rings is 1. The number of hydrogen-bond acceptors (Lipinski definition) is 8. The van der Waals surface area contributed by atoms with Crippen LogP contribution in [0.2, 0.25) is 0 Å². The van der Waals surface area contributed by atoms with E-state index in [1.54, 1.807) is 36.0 Å². The van der Waals surface area contributed by atoms with Crippen molar-refractivity contribution in [2.75, 3.05) is 31.6 Å². The second kappa shape index (κ2) is 13.1. The van der Waals surface area contributed by atoms with Crippen LogP contribution in [-0.2, 0) is 26.1 Å². The number of methoxy groups -OCH3 is 1. The number of aromatic nitrogens is 2. The number of fused-ring (bicyclic) bond motifs is 1. The van der Waals surface area contributed by atoms with E-state index in [-0.39, 0.29) is 6.04 Å². The fourth-order valence-electron chi connectivity index (χ4n) is 3.73. The lowest BCUT2D eigenvalue weighted by Gasteiger charge is -2.28. The Morgan fingerprint density at radius 3 is 2.50 bits per heavy atom. The Balaban J connectivity index is 0.000000559. The van der Waals surface area contributed by atoms with Crippen LogP contribution in [0.3, 0.4) is 0 Å². The minimum absolute atomic E-state index is 0.247. The van der Waals surface area contributed by atoms with Gasteiger partial charge in [-0.1, -0.05) is 18.2 Å². The third kappa shape index (κ3) is 7.60. The maximum Gasteiger partial charge on any atom is 0.490 e. The molecule has 3 heterocycles. The van der Waals surface area contributed by atoms with E-state index in [2.05, 4.69) is 21.9 Å². The molecule has 0 fully saturated rings. The number of rotatable bonds is 10. The number of carboxylic acid groups (broad SMARTS) is 1. The van der Waals surface area contributed by atoms with E-state index in [1.807, 2.05) is 44.3 Å². The molecule has 0 saturated heterocycles. The first-order valence-corrected chi connectivity index (χ1v) is 15.0. The first-order chi connectivity index (χ1) is 18.8. The van der Waals surface area contributed by atoms with Crippen LogP contribution in [0.15, 0.2) is 52.2 Å². The molecule has 0 bridgehead atoms. The van der Waals surface area contributed by atoms with Crippen molar-refractivity contribution in [1.29, 1.82) is 0 Å². The number of ether oxygens (including phenoxy) is 1. The lowest BCUT2D eigenvalue weighted by Crippen LogP contribution is -2.36. The molecule has 4 rings (SSSR count). The summed E-state index contributed by atoms with van der Waals surface area (Å²) in [7, 11) is 0.0901. The van der Waals surface area contributed by atoms with Gasteiger partial charge in [0.05, 0.1) is 23.5 Å². The van der Waals surface area contributed by atoms with Crippen molar-refractivity contribution >= 4 is 55.3 Å². The zero-order valence-electron chi connectivity index (χ0n) is 22.1. The smallest absolute Gasteiger partial charge is 0.475 e. The van der Waals surface area contributed by atoms with E-state index in [9.17, 15) is 21.6 Å². The Kier molecular flexibility index (Phi) is 10.3. The lowest BCUT2D eigenvalue weighted by atomic mass is 10.2. The van der Waals surface area contributed by atoms with Gasteiger partial charge in [-0.15, -0.1) is 22.7 Å². The van der Waals surface area contributed by atoms with Crippen LogP contribution in [0.25, 0.3) is 21.6 Å². The highest BCUT2D eigenvalue weighted by atomic mass is 32.2. The van der Waals surface area contributed by atoms with Crippen molar-refractivity contribution in [3.8, 4) is 10.7 Å². The summed E-state index contributed by atoms with van der Waals surface area (Å²) in [6.07, 6.45) is -3.18. The molecule has 0 unspecified atom stereocenters. The Bertz CT molecular complexity index is 1520. The number of H-pyrrole nitrogens is 1. The molecule has 0 radical (unpaired) electrons. The van der Waals surface area contributed by atoms with Gasteiger partial charge in [0.2, 0.25) is 0 Å². The summed E-state index contributed by atoms with van der Waals surface area (Å²) in [5, 5.41) is 10.7. The minimum atomic E-state index is -5.08. The number of sulfonamides is 1. The maximum atomic E-state index is 13.4. The molecule has 2 N–H and O–H groups in total. The highest BCUT2D eigenvalue weighted by Gasteiger charge is 2.38. The predicted molar refractivity (Wildman–Crippen MR) is 150 cm³/mol. The monoisotopic (exact) mass is 618 g/mol. The first-order valence-electron chi connectivity index (χ1n) is 11.9. The molecule has 0 aliphatic heterocycles. The molecule has 40 heavy (non-hydrogen) atoms. The molecule has 0 spiro atoms. The molecule has 3 aromatic heterocycles. The molecule has 15 heteroatoms. The number of aliphatic carboxylic acids is 1. The van der Waals surface area contributed by atoms with Gasteiger partial charge < -0.3 is 14.8 Å². The van der Waals surface area contributed by atoms with Gasteiger partial charge >= 0.3 is 12.1 Å². The van der Waals surface area contributed by atoms with E-state index in [0.29, 0.717) is 16.5 Å². The standard InChI is InChI=1S/C23H28N4O3S3.C2HF3O2/c1-16(2)27(33(28,29)21-9-6-12-31-21)20-8-5-7-17-13-19(25-22(17)20)23-24-14-18(32-23)15-26(3)10-11-30-4;3-2(4,5)1(6)7/h5-9,12-14,16,25H,10-11,15H2,1-4H3;(H,6,7). The molecule has 9 nitrogen and oxygen atoms in total. The summed E-state index contributed by atoms with van der Waals surface area (Å²) in [6.45, 7) is 6.12. The Hall–Kier alpha value is -2.98. The summed E-state index contributed by atoms with van der Waals surface area (Å²) < 4.78 is 65.6. The second-order valence-corrected chi connectivity index (χ2v) is 13.0. The van der Waals surface area contributed by atoms with Crippen LogP contribution in [0.5, 0.6) is 0 Å². The number of hydrogen-bond donors (Lipinski definition) is 2. The average Bonchev–Trinajstić information content (AvgIpc) is 3.63. The number of aromatic amines is 1. The summed E-state index contributed by atoms with van der Waals surface area (Å²) in [5.74, 6) is -2.76. The van der Waals surface area contributed by atoms with Gasteiger partial charge in [0.25, 0.3) is 10.0 Å². The van der Waals surface area contributed by atoms with Crippen molar-refractivity contribution in [2.45, 2.75) is 36.8 Å². The van der Waals surface area contributed by atoms with E-state index in [1.165, 1.54) is 15.6 Å². The first kappa shape index (κ1) is 31.5. The Labute approximate surface area is 237 Å². The van der Waals surface area contributed by atoms with Crippen molar-refractivity contribution in [3.05, 3.63) is 52.9 Å². The maximum absolute atomic E-state index is 13.4. The highest BCUT2D eigenvalue weighted by molar-refractivity contribution is 7.94. The van der Waals surface area contributed by atoms with Gasteiger partial charge in [0.15, 0.2) is 0 Å². The van der Waals surface area contributed by atoms with Gasteiger partial charge in [-0.25, -0.2) is 18.2 Å². The van der Waals surface area contributed by atoms with Crippen LogP contribution < -0.4 is 4.31 Å². The van der Waals surface area contributed by atoms with Gasteiger partial charge in [-0.05, 0) is 44.5 Å². The van der Waals surface area contributed by atoms with Crippen LogP contribution in [0.4, 0.5) is 18.9 Å². The SMILES string of the molecule is COCCN(C)Cc1cnc(-c2cc3cccc(N(C(C)C)S(=O)(=O)c4cccs4)c3[nH]2)s1.O=C(O)C(F)(F)F. The number of anilines is 1. The number of thiophene rings is 1. The van der Waals surface area contributed by atoms with Crippen molar-refractivity contribution in [3.63, 3.8) is 0 Å². The van der Waals surface area contributed by atoms with E-state index >= 15 is 0 Å². The van der Waals surface area contributed by atoms with Crippen LogP contribution in [-0.4, -0.2) is 73.9 Å². The summed E-state index contributed by atoms with van der Waals surface area (Å²) in [5.41, 5.74) is 2.30. The molecule has 1 aromatic carbocycles. The van der Waals surface area contributed by atoms with E-state index in [4.69, 9.17) is 14.6 Å². The molecular formula is C25H29F3N4O5S3. The number of benzene rings is 1. The Morgan fingerprint density at radius 1 is 1.23 bits per heavy atom. The van der Waals surface area contributed by atoms with Crippen LogP contribution >= 0.6 is 22.7 Å². The third-order valence-corrected chi connectivity index (χ3v) is 9.86. The minimum Gasteiger partial charge on any atom is -0.475 e. The van der Waals surface area contributed by atoms with Gasteiger partial charge in [0, 0.05) is 42.7 Å². The van der Waals surface area contributed by atoms with Gasteiger partial charge in [-0.3, -0.25) is 9.21 Å². The molecule has 0 aliphatic carbocycles. The largest absolute Gasteiger partial charge is 0.490 e. The lowest BCUT2D eigenvalue weighted by molar-refractivity contribution is -0.192. The molecule has 218 valence electrons. The number of alkyl halides is 3. The molecule has 0 atom stereocenters. The summed E-state index contributed by atoms with van der Waals surface area (Å²) in [6, 6.07) is 10.9. The number of carboxylic acids is 1. The molecular weight excluding hydrogens is 589 g/mol. The zero-order valence-corrected chi connectivity index (χ0v) is 24.5. The van der Waals surface area contributed by atoms with Crippen molar-refractivity contribution in [2.24, 2.45) is 0 Å². The summed E-state index contributed by atoms with van der Waals surface area (Å²) >= 11 is 2.86. The fourth-order valence-corrected chi connectivity index (χ4v) is 7.45. The van der Waals surface area contributed by atoms with Crippen LogP contribution in [0.1, 0.15) is 18.7 Å². The highest BCUT2D eigenvalue weighted by Crippen LogP contribution is 2.36.